The first-order chi connectivity index (χ1) is 5.89. The van der Waals surface area contributed by atoms with Crippen LogP contribution in [-0.4, -0.2) is 15.5 Å². The van der Waals surface area contributed by atoms with Crippen LogP contribution in [0.4, 0.5) is 0 Å². The van der Waals surface area contributed by atoms with Gasteiger partial charge in [0.2, 0.25) is 0 Å². The summed E-state index contributed by atoms with van der Waals surface area (Å²) >= 11 is -1.07. The van der Waals surface area contributed by atoms with Gasteiger partial charge in [0.1, 0.15) is 16.1 Å². The van der Waals surface area contributed by atoms with Crippen molar-refractivity contribution in [3.8, 4) is 0 Å². The maximum Gasteiger partial charge on any atom is 0.144 e. The molecule has 0 heterocycles. The summed E-state index contributed by atoms with van der Waals surface area (Å²) in [5.41, 5.74) is 0. The van der Waals surface area contributed by atoms with Gasteiger partial charge in [-0.15, -0.1) is 0 Å². The Hall–Kier alpha value is -0.0200. The summed E-state index contributed by atoms with van der Waals surface area (Å²) in [6.45, 7) is 8.09. The van der Waals surface area contributed by atoms with Gasteiger partial charge in [-0.05, 0) is 45.4 Å². The van der Waals surface area contributed by atoms with E-state index < -0.39 is 11.4 Å². The van der Waals surface area contributed by atoms with Crippen molar-refractivity contribution in [2.45, 2.75) is 45.3 Å². The monoisotopic (exact) mass is 201 g/mol. The zero-order valence-corrected chi connectivity index (χ0v) is 9.73. The highest BCUT2D eigenvalue weighted by Gasteiger charge is 2.28. The Labute approximate surface area is 84.1 Å². The second kappa shape index (κ2) is 4.01. The fourth-order valence-electron chi connectivity index (χ4n) is 1.39. The molecule has 0 aromatic heterocycles. The molecular formula is C10H19NOS. The summed E-state index contributed by atoms with van der Waals surface area (Å²) < 4.78 is 15.4. The summed E-state index contributed by atoms with van der Waals surface area (Å²) in [6.07, 6.45) is 4.32. The normalized spacial score (nSPS) is 31.8. The molecule has 0 spiro atoms. The van der Waals surface area contributed by atoms with E-state index in [2.05, 4.69) is 11.3 Å². The lowest BCUT2D eigenvalue weighted by Gasteiger charge is -2.29. The zero-order valence-electron chi connectivity index (χ0n) is 8.91. The molecule has 3 heteroatoms. The predicted octanol–water partition coefficient (Wildman–Crippen LogP) is 2.57. The van der Waals surface area contributed by atoms with Crippen LogP contribution in [0.15, 0.2) is 4.40 Å². The highest BCUT2D eigenvalue weighted by molar-refractivity contribution is 7.91. The first-order valence-electron chi connectivity index (χ1n) is 4.86. The lowest BCUT2D eigenvalue weighted by Crippen LogP contribution is -2.28. The summed E-state index contributed by atoms with van der Waals surface area (Å²) in [7, 11) is 0. The Morgan fingerprint density at radius 3 is 2.31 bits per heavy atom. The van der Waals surface area contributed by atoms with Crippen LogP contribution in [0.25, 0.3) is 0 Å². The van der Waals surface area contributed by atoms with E-state index in [1.807, 2.05) is 27.0 Å². The molecule has 1 aliphatic rings. The fourth-order valence-corrected chi connectivity index (χ4v) is 1.98. The second-order valence-electron chi connectivity index (χ2n) is 4.95. The minimum atomic E-state index is -1.07. The summed E-state index contributed by atoms with van der Waals surface area (Å²) in [6, 6.07) is 0. The molecule has 1 saturated carbocycles. The quantitative estimate of drug-likeness (QED) is 0.499. The van der Waals surface area contributed by atoms with Gasteiger partial charge < -0.3 is 4.55 Å². The third-order valence-corrected chi connectivity index (χ3v) is 3.66. The molecule has 0 aliphatic heterocycles. The second-order valence-corrected chi connectivity index (χ2v) is 6.89. The number of nitrogens with zero attached hydrogens (tertiary/aromatic N) is 1. The molecule has 1 fully saturated rings. The first kappa shape index (κ1) is 11.1. The molecule has 0 radical (unpaired) electrons. The van der Waals surface area contributed by atoms with Gasteiger partial charge >= 0.3 is 0 Å². The van der Waals surface area contributed by atoms with E-state index >= 15 is 0 Å². The van der Waals surface area contributed by atoms with Gasteiger partial charge in [-0.2, -0.15) is 0 Å². The Morgan fingerprint density at radius 2 is 1.92 bits per heavy atom. The Bertz CT molecular complexity index is 192. The van der Waals surface area contributed by atoms with Crippen LogP contribution in [0.3, 0.4) is 0 Å². The van der Waals surface area contributed by atoms with Gasteiger partial charge in [-0.3, -0.25) is 0 Å². The Kier molecular flexibility index (Phi) is 3.41. The molecule has 1 atom stereocenters. The van der Waals surface area contributed by atoms with E-state index in [4.69, 9.17) is 0 Å². The largest absolute Gasteiger partial charge is 0.591 e. The molecule has 0 aromatic carbocycles. The molecule has 0 aromatic rings. The van der Waals surface area contributed by atoms with E-state index in [1.165, 1.54) is 12.8 Å². The number of hydrogen-bond donors (Lipinski definition) is 0. The van der Waals surface area contributed by atoms with Gasteiger partial charge in [0, 0.05) is 0 Å². The Balaban J connectivity index is 2.32. The van der Waals surface area contributed by atoms with Crippen molar-refractivity contribution in [1.29, 1.82) is 0 Å². The van der Waals surface area contributed by atoms with Crippen molar-refractivity contribution in [2.24, 2.45) is 16.2 Å². The van der Waals surface area contributed by atoms with Gasteiger partial charge in [-0.25, -0.2) is 0 Å². The number of hydrogen-bond acceptors (Lipinski definition) is 2. The van der Waals surface area contributed by atoms with E-state index in [9.17, 15) is 4.55 Å². The van der Waals surface area contributed by atoms with Crippen LogP contribution in [0.2, 0.25) is 0 Å². The molecule has 13 heavy (non-hydrogen) atoms. The smallest absolute Gasteiger partial charge is 0.144 e. The average molecular weight is 201 g/mol. The highest BCUT2D eigenvalue weighted by atomic mass is 32.2. The minimum absolute atomic E-state index is 0.216. The molecule has 0 bridgehead atoms. The average Bonchev–Trinajstić information content (AvgIpc) is 1.93. The molecule has 1 rings (SSSR count). The molecule has 1 aliphatic carbocycles. The standard InChI is InChI=1S/C10H19NOS/c1-8-5-9(6-8)7-11-13(12)10(2,3)4/h7-9H,5-6H2,1-4H3/b11-7-/t8-,9+,13-/m0/s1. The minimum Gasteiger partial charge on any atom is -0.591 e. The van der Waals surface area contributed by atoms with E-state index in [1.54, 1.807) is 0 Å². The summed E-state index contributed by atoms with van der Waals surface area (Å²) in [4.78, 5) is 0. The summed E-state index contributed by atoms with van der Waals surface area (Å²) in [5.74, 6) is 1.42. The van der Waals surface area contributed by atoms with Gasteiger partial charge in [0.05, 0.1) is 6.21 Å². The third kappa shape index (κ3) is 3.31. The van der Waals surface area contributed by atoms with Crippen LogP contribution >= 0.6 is 0 Å². The molecule has 76 valence electrons. The van der Waals surface area contributed by atoms with Crippen molar-refractivity contribution < 1.29 is 4.55 Å². The van der Waals surface area contributed by atoms with Crippen LogP contribution in [0, 0.1) is 11.8 Å². The molecule has 0 N–H and O–H groups in total. The van der Waals surface area contributed by atoms with E-state index in [0.29, 0.717) is 5.92 Å². The number of rotatable bonds is 2. The predicted molar refractivity (Wildman–Crippen MR) is 58.3 cm³/mol. The molecule has 2 nitrogen and oxygen atoms in total. The maximum atomic E-state index is 11.5. The lowest BCUT2D eigenvalue weighted by molar-refractivity contribution is 0.286. The van der Waals surface area contributed by atoms with Crippen LogP contribution in [0.1, 0.15) is 40.5 Å². The van der Waals surface area contributed by atoms with Gasteiger partial charge in [0.25, 0.3) is 0 Å². The third-order valence-electron chi connectivity index (χ3n) is 2.30. The Morgan fingerprint density at radius 1 is 1.38 bits per heavy atom. The van der Waals surface area contributed by atoms with Crippen molar-refractivity contribution in [1.82, 2.24) is 0 Å². The zero-order chi connectivity index (χ0) is 10.1. The lowest BCUT2D eigenvalue weighted by atomic mass is 9.77. The van der Waals surface area contributed by atoms with E-state index in [-0.39, 0.29) is 4.75 Å². The molecular weight excluding hydrogens is 182 g/mol. The summed E-state index contributed by atoms with van der Waals surface area (Å²) in [5, 5.41) is 0. The van der Waals surface area contributed by atoms with Crippen LogP contribution < -0.4 is 0 Å². The van der Waals surface area contributed by atoms with Crippen molar-refractivity contribution in [3.05, 3.63) is 0 Å². The molecule has 0 saturated heterocycles. The first-order valence-corrected chi connectivity index (χ1v) is 5.96. The highest BCUT2D eigenvalue weighted by Crippen LogP contribution is 2.31. The van der Waals surface area contributed by atoms with Crippen LogP contribution in [0.5, 0.6) is 0 Å². The van der Waals surface area contributed by atoms with Gasteiger partial charge in [-0.1, -0.05) is 11.3 Å². The van der Waals surface area contributed by atoms with E-state index in [0.717, 1.165) is 5.92 Å². The topological polar surface area (TPSA) is 35.4 Å². The SMILES string of the molecule is CC(C)(C)[S@+]([O-])/N=C\[C@H]1C[C@@H](C)C1. The van der Waals surface area contributed by atoms with Crippen LogP contribution in [-0.2, 0) is 11.4 Å². The van der Waals surface area contributed by atoms with Crippen molar-refractivity contribution >= 4 is 17.6 Å². The fraction of sp³-hybridized carbons (Fsp3) is 0.900. The van der Waals surface area contributed by atoms with Crippen molar-refractivity contribution in [2.75, 3.05) is 0 Å². The van der Waals surface area contributed by atoms with Gasteiger partial charge in [0.15, 0.2) is 0 Å². The van der Waals surface area contributed by atoms with Crippen molar-refractivity contribution in [3.63, 3.8) is 0 Å². The molecule has 0 amide bonds. The molecule has 0 unspecified atom stereocenters. The maximum absolute atomic E-state index is 11.5.